The van der Waals surface area contributed by atoms with Gasteiger partial charge in [0.05, 0.1) is 5.69 Å². The fourth-order valence-electron chi connectivity index (χ4n) is 1.50. The Balaban J connectivity index is 0.00000154. The van der Waals surface area contributed by atoms with Gasteiger partial charge in [0.2, 0.25) is 0 Å². The number of rotatable bonds is 5. The zero-order valence-electron chi connectivity index (χ0n) is 12.6. The highest BCUT2D eigenvalue weighted by atomic mass is 14.8. The van der Waals surface area contributed by atoms with E-state index in [1.165, 1.54) is 0 Å². The summed E-state index contributed by atoms with van der Waals surface area (Å²) < 4.78 is 0. The van der Waals surface area contributed by atoms with Gasteiger partial charge < -0.3 is 11.5 Å². The number of allylic oxidation sites excluding steroid dienone is 1. The average molecular weight is 261 g/mol. The van der Waals surface area contributed by atoms with Crippen LogP contribution >= 0.6 is 0 Å². The van der Waals surface area contributed by atoms with E-state index in [2.05, 4.69) is 18.8 Å². The lowest BCUT2D eigenvalue weighted by Crippen LogP contribution is -2.13. The van der Waals surface area contributed by atoms with Crippen molar-refractivity contribution in [3.8, 4) is 0 Å². The lowest BCUT2D eigenvalue weighted by Gasteiger charge is -2.06. The highest BCUT2D eigenvalue weighted by molar-refractivity contribution is 5.97. The van der Waals surface area contributed by atoms with Gasteiger partial charge in [-0.3, -0.25) is 4.99 Å². The Hall–Kier alpha value is -1.61. The highest BCUT2D eigenvalue weighted by Gasteiger charge is 2.02. The van der Waals surface area contributed by atoms with Crippen LogP contribution in [0.4, 0.5) is 5.69 Å². The smallest absolute Gasteiger partial charge is 0.0632 e. The van der Waals surface area contributed by atoms with Crippen LogP contribution in [0.2, 0.25) is 0 Å². The molecule has 3 heteroatoms. The van der Waals surface area contributed by atoms with E-state index in [-0.39, 0.29) is 0 Å². The molecular formula is C16H27N3. The predicted octanol–water partition coefficient (Wildman–Crippen LogP) is 3.63. The van der Waals surface area contributed by atoms with E-state index < -0.39 is 0 Å². The molecule has 0 saturated carbocycles. The first-order valence-corrected chi connectivity index (χ1v) is 6.90. The molecule has 1 rings (SSSR count). The van der Waals surface area contributed by atoms with E-state index in [0.29, 0.717) is 18.2 Å². The summed E-state index contributed by atoms with van der Waals surface area (Å²) in [7, 11) is 0. The van der Waals surface area contributed by atoms with Gasteiger partial charge in [0, 0.05) is 18.0 Å². The second-order valence-electron chi connectivity index (χ2n) is 4.46. The van der Waals surface area contributed by atoms with Crippen LogP contribution in [-0.4, -0.2) is 12.3 Å². The molecule has 0 radical (unpaired) electrons. The minimum Gasteiger partial charge on any atom is -0.401 e. The maximum atomic E-state index is 5.76. The van der Waals surface area contributed by atoms with Crippen molar-refractivity contribution in [2.45, 2.75) is 34.1 Å². The molecule has 0 saturated heterocycles. The summed E-state index contributed by atoms with van der Waals surface area (Å²) in [5.41, 5.74) is 13.9. The van der Waals surface area contributed by atoms with E-state index in [1.54, 1.807) is 0 Å². The monoisotopic (exact) mass is 261 g/mol. The van der Waals surface area contributed by atoms with Crippen molar-refractivity contribution >= 4 is 11.4 Å². The van der Waals surface area contributed by atoms with Gasteiger partial charge in [-0.2, -0.15) is 0 Å². The molecule has 0 heterocycles. The second-order valence-corrected chi connectivity index (χ2v) is 4.46. The molecule has 106 valence electrons. The summed E-state index contributed by atoms with van der Waals surface area (Å²) in [6, 6.07) is 9.88. The number of benzene rings is 1. The second kappa shape index (κ2) is 10.3. The van der Waals surface area contributed by atoms with Crippen molar-refractivity contribution in [1.82, 2.24) is 0 Å². The van der Waals surface area contributed by atoms with Gasteiger partial charge in [-0.15, -0.1) is 0 Å². The van der Waals surface area contributed by atoms with Crippen molar-refractivity contribution in [3.63, 3.8) is 0 Å². The summed E-state index contributed by atoms with van der Waals surface area (Å²) in [5.74, 6) is 0.541. The predicted molar refractivity (Wildman–Crippen MR) is 85.7 cm³/mol. The van der Waals surface area contributed by atoms with Crippen LogP contribution in [0.1, 0.15) is 34.1 Å². The van der Waals surface area contributed by atoms with E-state index in [9.17, 15) is 0 Å². The molecule has 0 fully saturated rings. The number of hydrogen-bond donors (Lipinski definition) is 2. The lowest BCUT2D eigenvalue weighted by atomic mass is 10.1. The Morgan fingerprint density at radius 2 is 1.79 bits per heavy atom. The van der Waals surface area contributed by atoms with Crippen molar-refractivity contribution in [2.75, 3.05) is 6.54 Å². The fourth-order valence-corrected chi connectivity index (χ4v) is 1.50. The highest BCUT2D eigenvalue weighted by Crippen LogP contribution is 2.14. The molecule has 0 amide bonds. The van der Waals surface area contributed by atoms with Gasteiger partial charge in [0.15, 0.2) is 0 Å². The number of aliphatic imine (C=N–C) groups is 1. The van der Waals surface area contributed by atoms with Crippen molar-refractivity contribution in [2.24, 2.45) is 22.4 Å². The molecule has 0 spiro atoms. The SMILES string of the molecule is CC.CC(C)CC(/C=C(\N)CN)=Nc1ccccc1. The van der Waals surface area contributed by atoms with Gasteiger partial charge in [0.25, 0.3) is 0 Å². The quantitative estimate of drug-likeness (QED) is 0.795. The molecular weight excluding hydrogens is 234 g/mol. The Morgan fingerprint density at radius 1 is 1.21 bits per heavy atom. The van der Waals surface area contributed by atoms with Crippen LogP contribution in [0.15, 0.2) is 47.1 Å². The topological polar surface area (TPSA) is 64.4 Å². The summed E-state index contributed by atoms with van der Waals surface area (Å²) in [6.45, 7) is 8.69. The Labute approximate surface area is 117 Å². The maximum Gasteiger partial charge on any atom is 0.0632 e. The molecule has 1 aromatic rings. The third kappa shape index (κ3) is 8.16. The number of nitrogens with zero attached hydrogens (tertiary/aromatic N) is 1. The standard InChI is InChI=1S/C14H21N3.C2H6/c1-11(2)8-14(9-12(16)10-15)17-13-6-4-3-5-7-13;1-2/h3-7,9,11H,8,10,15-16H2,1-2H3;1-2H3/b12-9-,17-14?;. The van der Waals surface area contributed by atoms with Gasteiger partial charge in [-0.1, -0.05) is 45.9 Å². The molecule has 19 heavy (non-hydrogen) atoms. The molecule has 3 nitrogen and oxygen atoms in total. The van der Waals surface area contributed by atoms with Crippen molar-refractivity contribution in [1.29, 1.82) is 0 Å². The lowest BCUT2D eigenvalue weighted by molar-refractivity contribution is 0.685. The average Bonchev–Trinajstić information content (AvgIpc) is 2.41. The molecule has 1 aromatic carbocycles. The molecule has 0 aromatic heterocycles. The summed E-state index contributed by atoms with van der Waals surface area (Å²) in [6.07, 6.45) is 2.78. The first-order valence-electron chi connectivity index (χ1n) is 6.90. The zero-order valence-corrected chi connectivity index (χ0v) is 12.6. The summed E-state index contributed by atoms with van der Waals surface area (Å²) >= 11 is 0. The van der Waals surface area contributed by atoms with E-state index in [1.807, 2.05) is 50.3 Å². The van der Waals surface area contributed by atoms with Crippen molar-refractivity contribution in [3.05, 3.63) is 42.1 Å². The van der Waals surface area contributed by atoms with E-state index >= 15 is 0 Å². The number of para-hydroxylation sites is 1. The fraction of sp³-hybridized carbons (Fsp3) is 0.438. The number of hydrogen-bond acceptors (Lipinski definition) is 3. The van der Waals surface area contributed by atoms with Gasteiger partial charge in [0.1, 0.15) is 0 Å². The van der Waals surface area contributed by atoms with E-state index in [0.717, 1.165) is 17.8 Å². The van der Waals surface area contributed by atoms with Gasteiger partial charge >= 0.3 is 0 Å². The van der Waals surface area contributed by atoms with Crippen LogP contribution < -0.4 is 11.5 Å². The minimum absolute atomic E-state index is 0.367. The number of nitrogens with two attached hydrogens (primary N) is 2. The normalized spacial score (nSPS) is 12.1. The molecule has 0 aliphatic carbocycles. The summed E-state index contributed by atoms with van der Waals surface area (Å²) in [5, 5.41) is 0. The van der Waals surface area contributed by atoms with Crippen LogP contribution in [0, 0.1) is 5.92 Å². The molecule has 0 unspecified atom stereocenters. The van der Waals surface area contributed by atoms with Crippen LogP contribution in [-0.2, 0) is 0 Å². The Morgan fingerprint density at radius 3 is 2.26 bits per heavy atom. The third-order valence-electron chi connectivity index (χ3n) is 2.23. The maximum absolute atomic E-state index is 5.76. The van der Waals surface area contributed by atoms with Gasteiger partial charge in [-0.25, -0.2) is 0 Å². The van der Waals surface area contributed by atoms with Crippen molar-refractivity contribution < 1.29 is 0 Å². The van der Waals surface area contributed by atoms with Crippen LogP contribution in [0.5, 0.6) is 0 Å². The first kappa shape index (κ1) is 17.4. The summed E-state index contributed by atoms with van der Waals surface area (Å²) in [4.78, 5) is 4.59. The van der Waals surface area contributed by atoms with Gasteiger partial charge in [-0.05, 0) is 30.5 Å². The molecule has 4 N–H and O–H groups in total. The third-order valence-corrected chi connectivity index (χ3v) is 2.23. The largest absolute Gasteiger partial charge is 0.401 e. The Kier molecular flexibility index (Phi) is 9.45. The van der Waals surface area contributed by atoms with E-state index in [4.69, 9.17) is 11.5 Å². The first-order chi connectivity index (χ1) is 9.11. The van der Waals surface area contributed by atoms with Crippen LogP contribution in [0.25, 0.3) is 0 Å². The minimum atomic E-state index is 0.367. The molecule has 0 bridgehead atoms. The molecule has 0 atom stereocenters. The molecule has 0 aliphatic heterocycles. The zero-order chi connectivity index (χ0) is 14.7. The van der Waals surface area contributed by atoms with Crippen LogP contribution in [0.3, 0.4) is 0 Å². The Bertz CT molecular complexity index is 392. The molecule has 0 aliphatic rings.